The maximum absolute atomic E-state index is 12.3. The largest absolute Gasteiger partial charge is 0.495 e. The van der Waals surface area contributed by atoms with E-state index in [1.54, 1.807) is 30.1 Å². The van der Waals surface area contributed by atoms with Gasteiger partial charge in [-0.1, -0.05) is 0 Å². The Morgan fingerprint density at radius 1 is 1.43 bits per heavy atom. The summed E-state index contributed by atoms with van der Waals surface area (Å²) in [6, 6.07) is 3.50. The van der Waals surface area contributed by atoms with Gasteiger partial charge in [0.2, 0.25) is 0 Å². The Morgan fingerprint density at radius 3 is 2.71 bits per heavy atom. The van der Waals surface area contributed by atoms with E-state index in [4.69, 9.17) is 10.5 Å². The van der Waals surface area contributed by atoms with Gasteiger partial charge in [-0.15, -0.1) is 0 Å². The molecule has 8 heteroatoms. The summed E-state index contributed by atoms with van der Waals surface area (Å²) in [5, 5.41) is 6.90. The summed E-state index contributed by atoms with van der Waals surface area (Å²) >= 11 is 6.77. The Labute approximate surface area is 138 Å². The number of aryl methyl sites for hydroxylation is 1. The van der Waals surface area contributed by atoms with E-state index in [9.17, 15) is 4.79 Å². The van der Waals surface area contributed by atoms with Gasteiger partial charge in [0, 0.05) is 23.3 Å². The number of nitrogens with zero attached hydrogens (tertiary/aromatic N) is 2. The molecular weight excluding hydrogens is 404 g/mol. The fourth-order valence-electron chi connectivity index (χ4n) is 1.74. The SMILES string of the molecule is CCn1cc(N)c(C(=O)Nc2cc(OC)c(Br)cc2Br)n1. The molecule has 0 fully saturated rings. The molecular formula is C13H14Br2N4O2. The van der Waals surface area contributed by atoms with Gasteiger partial charge < -0.3 is 15.8 Å². The number of halogens is 2. The highest BCUT2D eigenvalue weighted by molar-refractivity contribution is 9.11. The highest BCUT2D eigenvalue weighted by Gasteiger charge is 2.17. The molecule has 2 rings (SSSR count). The molecule has 0 aliphatic carbocycles. The van der Waals surface area contributed by atoms with Gasteiger partial charge in [0.25, 0.3) is 5.91 Å². The molecule has 1 amide bonds. The molecule has 3 N–H and O–H groups in total. The highest BCUT2D eigenvalue weighted by atomic mass is 79.9. The van der Waals surface area contributed by atoms with Gasteiger partial charge in [-0.05, 0) is 44.8 Å². The molecule has 0 bridgehead atoms. The first-order valence-corrected chi connectivity index (χ1v) is 7.72. The number of nitrogen functional groups attached to an aromatic ring is 1. The number of ether oxygens (including phenoxy) is 1. The van der Waals surface area contributed by atoms with E-state index >= 15 is 0 Å². The lowest BCUT2D eigenvalue weighted by Gasteiger charge is -2.10. The van der Waals surface area contributed by atoms with Crippen LogP contribution in [0, 0.1) is 0 Å². The third-order valence-electron chi connectivity index (χ3n) is 2.82. The van der Waals surface area contributed by atoms with Crippen LogP contribution < -0.4 is 15.8 Å². The Hall–Kier alpha value is -1.54. The van der Waals surface area contributed by atoms with Gasteiger partial charge in [0.15, 0.2) is 5.69 Å². The average molecular weight is 418 g/mol. The number of benzene rings is 1. The summed E-state index contributed by atoms with van der Waals surface area (Å²) in [6.45, 7) is 2.57. The van der Waals surface area contributed by atoms with Crippen molar-refractivity contribution in [3.63, 3.8) is 0 Å². The van der Waals surface area contributed by atoms with Gasteiger partial charge in [-0.25, -0.2) is 0 Å². The molecule has 0 saturated carbocycles. The van der Waals surface area contributed by atoms with E-state index in [1.165, 1.54) is 0 Å². The third-order valence-corrected chi connectivity index (χ3v) is 4.09. The molecule has 0 radical (unpaired) electrons. The molecule has 0 aliphatic heterocycles. The number of anilines is 2. The first kappa shape index (κ1) is 15.8. The van der Waals surface area contributed by atoms with E-state index in [1.807, 2.05) is 6.92 Å². The minimum Gasteiger partial charge on any atom is -0.495 e. The maximum Gasteiger partial charge on any atom is 0.278 e. The predicted molar refractivity (Wildman–Crippen MR) is 88.7 cm³/mol. The van der Waals surface area contributed by atoms with E-state index < -0.39 is 0 Å². The lowest BCUT2D eigenvalue weighted by molar-refractivity contribution is 0.102. The Kier molecular flexibility index (Phi) is 4.89. The van der Waals surface area contributed by atoms with Crippen LogP contribution >= 0.6 is 31.9 Å². The molecule has 0 unspecified atom stereocenters. The Morgan fingerprint density at radius 2 is 2.14 bits per heavy atom. The third kappa shape index (κ3) is 3.38. The predicted octanol–water partition coefficient (Wildman–Crippen LogP) is 3.27. The standard InChI is InChI=1S/C13H14Br2N4O2/c1-3-19-6-9(16)12(18-19)13(20)17-10-5-11(21-2)8(15)4-7(10)14/h4-6H,3,16H2,1-2H3,(H,17,20). The van der Waals surface area contributed by atoms with Crippen molar-refractivity contribution in [1.82, 2.24) is 9.78 Å². The van der Waals surface area contributed by atoms with Gasteiger partial charge in [-0.2, -0.15) is 5.10 Å². The topological polar surface area (TPSA) is 82.2 Å². The lowest BCUT2D eigenvalue weighted by Crippen LogP contribution is -2.15. The maximum atomic E-state index is 12.3. The number of nitrogens with one attached hydrogen (secondary N) is 1. The fraction of sp³-hybridized carbons (Fsp3) is 0.231. The fourth-order valence-corrected chi connectivity index (χ4v) is 2.99. The quantitative estimate of drug-likeness (QED) is 0.799. The highest BCUT2D eigenvalue weighted by Crippen LogP contribution is 2.34. The van der Waals surface area contributed by atoms with E-state index in [2.05, 4.69) is 42.3 Å². The number of nitrogens with two attached hydrogens (primary N) is 1. The van der Waals surface area contributed by atoms with Crippen LogP contribution in [0.15, 0.2) is 27.3 Å². The van der Waals surface area contributed by atoms with Crippen molar-refractivity contribution in [1.29, 1.82) is 0 Å². The number of methoxy groups -OCH3 is 1. The zero-order valence-electron chi connectivity index (χ0n) is 11.5. The molecule has 1 aromatic carbocycles. The van der Waals surface area contributed by atoms with Gasteiger partial charge >= 0.3 is 0 Å². The van der Waals surface area contributed by atoms with Gasteiger partial charge in [-0.3, -0.25) is 9.48 Å². The molecule has 0 atom stereocenters. The zero-order chi connectivity index (χ0) is 15.6. The number of amides is 1. The smallest absolute Gasteiger partial charge is 0.278 e. The first-order chi connectivity index (χ1) is 9.96. The monoisotopic (exact) mass is 416 g/mol. The van der Waals surface area contributed by atoms with Crippen LogP contribution in [0.25, 0.3) is 0 Å². The summed E-state index contributed by atoms with van der Waals surface area (Å²) in [5.74, 6) is 0.241. The number of rotatable bonds is 4. The van der Waals surface area contributed by atoms with Crippen LogP contribution in [0.5, 0.6) is 5.75 Å². The summed E-state index contributed by atoms with van der Waals surface area (Å²) in [4.78, 5) is 12.3. The molecule has 2 aromatic rings. The van der Waals surface area contributed by atoms with Gasteiger partial charge in [0.05, 0.1) is 23.0 Å². The number of aromatic nitrogens is 2. The van der Waals surface area contributed by atoms with Crippen LogP contribution in [0.2, 0.25) is 0 Å². The van der Waals surface area contributed by atoms with E-state index in [0.29, 0.717) is 23.7 Å². The molecule has 0 spiro atoms. The second kappa shape index (κ2) is 6.48. The summed E-state index contributed by atoms with van der Waals surface area (Å²) < 4.78 is 8.32. The summed E-state index contributed by atoms with van der Waals surface area (Å²) in [6.07, 6.45) is 1.63. The molecule has 1 aromatic heterocycles. The number of hydrogen-bond acceptors (Lipinski definition) is 4. The molecule has 21 heavy (non-hydrogen) atoms. The molecule has 1 heterocycles. The number of carbonyl (C=O) groups excluding carboxylic acids is 1. The lowest BCUT2D eigenvalue weighted by atomic mass is 10.2. The van der Waals surface area contributed by atoms with Crippen molar-refractivity contribution in [2.24, 2.45) is 0 Å². The molecule has 112 valence electrons. The van der Waals surface area contributed by atoms with E-state index in [-0.39, 0.29) is 11.6 Å². The van der Waals surface area contributed by atoms with Crippen LogP contribution in [-0.2, 0) is 6.54 Å². The second-order valence-electron chi connectivity index (χ2n) is 4.21. The van der Waals surface area contributed by atoms with Crippen LogP contribution in [-0.4, -0.2) is 22.8 Å². The summed E-state index contributed by atoms with van der Waals surface area (Å²) in [7, 11) is 1.56. The number of carbonyl (C=O) groups is 1. The Balaban J connectivity index is 2.29. The minimum absolute atomic E-state index is 0.200. The van der Waals surface area contributed by atoms with Crippen molar-refractivity contribution in [3.8, 4) is 5.75 Å². The van der Waals surface area contributed by atoms with Crippen molar-refractivity contribution >= 4 is 49.1 Å². The van der Waals surface area contributed by atoms with Crippen LogP contribution in [0.1, 0.15) is 17.4 Å². The van der Waals surface area contributed by atoms with Crippen LogP contribution in [0.3, 0.4) is 0 Å². The molecule has 0 aliphatic rings. The summed E-state index contributed by atoms with van der Waals surface area (Å²) in [5.41, 5.74) is 6.92. The van der Waals surface area contributed by atoms with Crippen molar-refractivity contribution in [3.05, 3.63) is 33.0 Å². The molecule has 0 saturated heterocycles. The normalized spacial score (nSPS) is 10.5. The van der Waals surface area contributed by atoms with Crippen LogP contribution in [0.4, 0.5) is 11.4 Å². The minimum atomic E-state index is -0.371. The van der Waals surface area contributed by atoms with Crippen molar-refractivity contribution in [2.45, 2.75) is 13.5 Å². The van der Waals surface area contributed by atoms with Crippen molar-refractivity contribution < 1.29 is 9.53 Å². The zero-order valence-corrected chi connectivity index (χ0v) is 14.7. The van der Waals surface area contributed by atoms with Crippen molar-refractivity contribution in [2.75, 3.05) is 18.2 Å². The first-order valence-electron chi connectivity index (χ1n) is 6.13. The second-order valence-corrected chi connectivity index (χ2v) is 5.92. The Bertz CT molecular complexity index is 685. The van der Waals surface area contributed by atoms with E-state index in [0.717, 1.165) is 8.95 Å². The average Bonchev–Trinajstić information content (AvgIpc) is 2.83. The van der Waals surface area contributed by atoms with Gasteiger partial charge in [0.1, 0.15) is 5.75 Å². The number of hydrogen-bond donors (Lipinski definition) is 2. The molecule has 6 nitrogen and oxygen atoms in total.